The molecule has 0 spiro atoms. The summed E-state index contributed by atoms with van der Waals surface area (Å²) in [6, 6.07) is 15.8. The zero-order chi connectivity index (χ0) is 12.4. The lowest BCUT2D eigenvalue weighted by atomic mass is 9.96. The van der Waals surface area contributed by atoms with Gasteiger partial charge in [0.2, 0.25) is 0 Å². The van der Waals surface area contributed by atoms with E-state index in [9.17, 15) is 0 Å². The average Bonchev–Trinajstić information content (AvgIpc) is 2.30. The SMILES string of the molecule is Cc1ccc(-c2[c]cccc2)c(C)c1N(C)C. The Labute approximate surface area is 104 Å². The van der Waals surface area contributed by atoms with Gasteiger partial charge in [-0.3, -0.25) is 0 Å². The highest BCUT2D eigenvalue weighted by Crippen LogP contribution is 2.32. The summed E-state index contributed by atoms with van der Waals surface area (Å²) in [5, 5.41) is 0. The van der Waals surface area contributed by atoms with E-state index in [1.807, 2.05) is 12.1 Å². The fourth-order valence-corrected chi connectivity index (χ4v) is 2.38. The Morgan fingerprint density at radius 2 is 1.76 bits per heavy atom. The van der Waals surface area contributed by atoms with E-state index in [1.54, 1.807) is 0 Å². The molecule has 1 heteroatoms. The summed E-state index contributed by atoms with van der Waals surface area (Å²) in [7, 11) is 4.18. The Morgan fingerprint density at radius 1 is 1.00 bits per heavy atom. The summed E-state index contributed by atoms with van der Waals surface area (Å²) in [6.07, 6.45) is 0. The number of rotatable bonds is 2. The molecule has 0 atom stereocenters. The summed E-state index contributed by atoms with van der Waals surface area (Å²) in [5.41, 5.74) is 6.36. The van der Waals surface area contributed by atoms with Crippen LogP contribution in [0.4, 0.5) is 5.69 Å². The van der Waals surface area contributed by atoms with E-state index < -0.39 is 0 Å². The molecule has 2 aromatic rings. The second-order valence-electron chi connectivity index (χ2n) is 4.57. The van der Waals surface area contributed by atoms with Crippen molar-refractivity contribution in [3.63, 3.8) is 0 Å². The molecule has 1 nitrogen and oxygen atoms in total. The Bertz CT molecular complexity index is 513. The number of nitrogens with zero attached hydrogens (tertiary/aromatic N) is 1. The van der Waals surface area contributed by atoms with Crippen molar-refractivity contribution in [3.05, 3.63) is 53.6 Å². The van der Waals surface area contributed by atoms with Gasteiger partial charge in [-0.2, -0.15) is 0 Å². The molecule has 0 saturated heterocycles. The summed E-state index contributed by atoms with van der Waals surface area (Å²) in [4.78, 5) is 2.18. The van der Waals surface area contributed by atoms with Crippen LogP contribution >= 0.6 is 0 Å². The van der Waals surface area contributed by atoms with Crippen LogP contribution in [0.3, 0.4) is 0 Å². The normalized spacial score (nSPS) is 10.4. The second kappa shape index (κ2) is 4.62. The summed E-state index contributed by atoms with van der Waals surface area (Å²) >= 11 is 0. The number of hydrogen-bond donors (Lipinski definition) is 0. The maximum absolute atomic E-state index is 3.29. The number of anilines is 1. The van der Waals surface area contributed by atoms with Crippen molar-refractivity contribution in [1.29, 1.82) is 0 Å². The highest BCUT2D eigenvalue weighted by atomic mass is 15.1. The molecule has 0 saturated carbocycles. The van der Waals surface area contributed by atoms with E-state index in [4.69, 9.17) is 0 Å². The van der Waals surface area contributed by atoms with Gasteiger partial charge in [0.05, 0.1) is 0 Å². The van der Waals surface area contributed by atoms with Gasteiger partial charge in [-0.05, 0) is 42.2 Å². The van der Waals surface area contributed by atoms with Crippen LogP contribution in [-0.2, 0) is 0 Å². The lowest BCUT2D eigenvalue weighted by Gasteiger charge is -2.21. The first-order valence-electron chi connectivity index (χ1n) is 5.86. The molecule has 0 bridgehead atoms. The largest absolute Gasteiger partial charge is 0.377 e. The Morgan fingerprint density at radius 3 is 2.35 bits per heavy atom. The molecule has 0 fully saturated rings. The van der Waals surface area contributed by atoms with Crippen LogP contribution in [0.5, 0.6) is 0 Å². The molecule has 0 aliphatic carbocycles. The molecule has 2 aromatic carbocycles. The van der Waals surface area contributed by atoms with Crippen LogP contribution in [0.1, 0.15) is 11.1 Å². The van der Waals surface area contributed by atoms with E-state index in [2.05, 4.69) is 63.2 Å². The molecule has 0 aromatic heterocycles. The monoisotopic (exact) mass is 224 g/mol. The van der Waals surface area contributed by atoms with E-state index in [0.717, 1.165) is 5.56 Å². The molecule has 0 unspecified atom stereocenters. The van der Waals surface area contributed by atoms with Crippen LogP contribution in [0.15, 0.2) is 36.4 Å². The van der Waals surface area contributed by atoms with E-state index >= 15 is 0 Å². The van der Waals surface area contributed by atoms with Crippen LogP contribution in [-0.4, -0.2) is 14.1 Å². The lowest BCUT2D eigenvalue weighted by molar-refractivity contribution is 1.10. The highest BCUT2D eigenvalue weighted by Gasteiger charge is 2.10. The molecular formula is C16H18N. The minimum atomic E-state index is 1.16. The highest BCUT2D eigenvalue weighted by molar-refractivity contribution is 5.75. The average molecular weight is 224 g/mol. The lowest BCUT2D eigenvalue weighted by Crippen LogP contribution is -2.12. The van der Waals surface area contributed by atoms with Crippen molar-refractivity contribution < 1.29 is 0 Å². The quantitative estimate of drug-likeness (QED) is 0.749. The first kappa shape index (κ1) is 11.7. The zero-order valence-corrected chi connectivity index (χ0v) is 10.9. The van der Waals surface area contributed by atoms with Crippen molar-refractivity contribution in [2.45, 2.75) is 13.8 Å². The molecule has 1 radical (unpaired) electrons. The fraction of sp³-hybridized carbons (Fsp3) is 0.250. The molecule has 17 heavy (non-hydrogen) atoms. The maximum atomic E-state index is 3.29. The van der Waals surface area contributed by atoms with Gasteiger partial charge in [-0.15, -0.1) is 0 Å². The molecule has 2 rings (SSSR count). The minimum Gasteiger partial charge on any atom is -0.377 e. The third kappa shape index (κ3) is 2.19. The Balaban J connectivity index is 2.62. The van der Waals surface area contributed by atoms with Gasteiger partial charge < -0.3 is 4.90 Å². The number of hydrogen-bond acceptors (Lipinski definition) is 1. The zero-order valence-electron chi connectivity index (χ0n) is 10.9. The minimum absolute atomic E-state index is 1.16. The van der Waals surface area contributed by atoms with Crippen molar-refractivity contribution in [1.82, 2.24) is 0 Å². The third-order valence-electron chi connectivity index (χ3n) is 3.08. The van der Waals surface area contributed by atoms with Crippen LogP contribution in [0.2, 0.25) is 0 Å². The van der Waals surface area contributed by atoms with Crippen LogP contribution in [0, 0.1) is 19.9 Å². The van der Waals surface area contributed by atoms with Gasteiger partial charge in [-0.25, -0.2) is 0 Å². The molecule has 0 aliphatic heterocycles. The third-order valence-corrected chi connectivity index (χ3v) is 3.08. The van der Waals surface area contributed by atoms with Gasteiger partial charge >= 0.3 is 0 Å². The first-order chi connectivity index (χ1) is 8.11. The number of aryl methyl sites for hydroxylation is 1. The van der Waals surface area contributed by atoms with E-state index in [1.165, 1.54) is 22.4 Å². The number of benzene rings is 2. The molecule has 87 valence electrons. The smallest absolute Gasteiger partial charge is 0.0426 e. The van der Waals surface area contributed by atoms with Crippen molar-refractivity contribution in [3.8, 4) is 11.1 Å². The van der Waals surface area contributed by atoms with E-state index in [0.29, 0.717) is 0 Å². The molecule has 0 heterocycles. The first-order valence-corrected chi connectivity index (χ1v) is 5.86. The molecule has 0 amide bonds. The standard InChI is InChI=1S/C16H18N/c1-12-10-11-15(13(2)16(12)17(3)4)14-8-6-5-7-9-14/h5-8,10-11H,1-4H3. The van der Waals surface area contributed by atoms with Crippen molar-refractivity contribution >= 4 is 5.69 Å². The summed E-state index contributed by atoms with van der Waals surface area (Å²) < 4.78 is 0. The van der Waals surface area contributed by atoms with Crippen molar-refractivity contribution in [2.75, 3.05) is 19.0 Å². The predicted molar refractivity (Wildman–Crippen MR) is 74.5 cm³/mol. The Kier molecular flexibility index (Phi) is 3.19. The Hall–Kier alpha value is -1.76. The maximum Gasteiger partial charge on any atom is 0.0426 e. The predicted octanol–water partition coefficient (Wildman–Crippen LogP) is 3.84. The van der Waals surface area contributed by atoms with Gasteiger partial charge in [0.25, 0.3) is 0 Å². The van der Waals surface area contributed by atoms with Crippen LogP contribution in [0.25, 0.3) is 11.1 Å². The van der Waals surface area contributed by atoms with Gasteiger partial charge in [0.1, 0.15) is 0 Å². The van der Waals surface area contributed by atoms with Gasteiger partial charge in [0.15, 0.2) is 0 Å². The van der Waals surface area contributed by atoms with Crippen molar-refractivity contribution in [2.24, 2.45) is 0 Å². The fourth-order valence-electron chi connectivity index (χ4n) is 2.38. The molecule has 0 aliphatic rings. The van der Waals surface area contributed by atoms with Gasteiger partial charge in [-0.1, -0.05) is 36.4 Å². The topological polar surface area (TPSA) is 3.24 Å². The second-order valence-corrected chi connectivity index (χ2v) is 4.57. The summed E-state index contributed by atoms with van der Waals surface area (Å²) in [5.74, 6) is 0. The summed E-state index contributed by atoms with van der Waals surface area (Å²) in [6.45, 7) is 4.33. The molecular weight excluding hydrogens is 206 g/mol. The van der Waals surface area contributed by atoms with E-state index in [-0.39, 0.29) is 0 Å². The van der Waals surface area contributed by atoms with Gasteiger partial charge in [0, 0.05) is 19.8 Å². The van der Waals surface area contributed by atoms with Crippen LogP contribution < -0.4 is 4.90 Å². The molecule has 0 N–H and O–H groups in total.